The summed E-state index contributed by atoms with van der Waals surface area (Å²) >= 11 is 2.26. The Morgan fingerprint density at radius 2 is 2.00 bits per heavy atom. The van der Waals surface area contributed by atoms with Crippen LogP contribution in [0, 0.1) is 10.5 Å². The van der Waals surface area contributed by atoms with Crippen LogP contribution < -0.4 is 10.2 Å². The van der Waals surface area contributed by atoms with Gasteiger partial charge in [-0.05, 0) is 36.4 Å². The van der Waals surface area contributed by atoms with Gasteiger partial charge >= 0.3 is 0 Å². The van der Waals surface area contributed by atoms with Crippen molar-refractivity contribution in [2.45, 2.75) is 13.8 Å². The van der Waals surface area contributed by atoms with Gasteiger partial charge in [0.15, 0.2) is 0 Å². The third-order valence-electron chi connectivity index (χ3n) is 1.75. The van der Waals surface area contributed by atoms with E-state index in [2.05, 4.69) is 44.8 Å². The smallest absolute Gasteiger partial charge is 0.227 e. The summed E-state index contributed by atoms with van der Waals surface area (Å²) < 4.78 is 1.09. The fraction of sp³-hybridized carbons (Fsp3) is 0.556. The molecule has 1 aromatic rings. The third-order valence-corrected chi connectivity index (χ3v) is 3.04. The molecule has 0 bridgehead atoms. The summed E-state index contributed by atoms with van der Waals surface area (Å²) in [6.07, 6.45) is 0. The maximum atomic E-state index is 4.42. The second-order valence-corrected chi connectivity index (χ2v) is 4.28. The van der Waals surface area contributed by atoms with Crippen LogP contribution in [0.4, 0.5) is 11.8 Å². The third kappa shape index (κ3) is 2.46. The summed E-state index contributed by atoms with van der Waals surface area (Å²) in [4.78, 5) is 10.7. The first-order valence-electron chi connectivity index (χ1n) is 4.51. The zero-order valence-corrected chi connectivity index (χ0v) is 11.1. The number of halogens is 1. The largest absolute Gasteiger partial charge is 0.369 e. The van der Waals surface area contributed by atoms with E-state index in [0.29, 0.717) is 0 Å². The van der Waals surface area contributed by atoms with Gasteiger partial charge in [-0.2, -0.15) is 4.98 Å². The number of anilines is 2. The molecule has 0 saturated carbocycles. The molecule has 0 unspecified atom stereocenters. The summed E-state index contributed by atoms with van der Waals surface area (Å²) in [6, 6.07) is 0. The van der Waals surface area contributed by atoms with Crippen molar-refractivity contribution in [3.63, 3.8) is 0 Å². The van der Waals surface area contributed by atoms with Crippen molar-refractivity contribution in [3.05, 3.63) is 9.26 Å². The molecular weight excluding hydrogens is 291 g/mol. The van der Waals surface area contributed by atoms with Gasteiger partial charge in [0.2, 0.25) is 5.95 Å². The van der Waals surface area contributed by atoms with Crippen LogP contribution in [0.1, 0.15) is 12.6 Å². The van der Waals surface area contributed by atoms with Crippen LogP contribution in [-0.2, 0) is 0 Å². The molecule has 0 radical (unpaired) electrons. The van der Waals surface area contributed by atoms with E-state index in [0.717, 1.165) is 27.6 Å². The number of nitrogens with one attached hydrogen (secondary N) is 1. The molecule has 0 fully saturated rings. The van der Waals surface area contributed by atoms with Crippen molar-refractivity contribution in [3.8, 4) is 0 Å². The summed E-state index contributed by atoms with van der Waals surface area (Å²) in [6.45, 7) is 4.93. The maximum absolute atomic E-state index is 4.42. The second-order valence-electron chi connectivity index (χ2n) is 3.20. The minimum atomic E-state index is 0.749. The fourth-order valence-corrected chi connectivity index (χ4v) is 1.46. The molecule has 0 amide bonds. The lowest BCUT2D eigenvalue weighted by molar-refractivity contribution is 0.964. The Labute approximate surface area is 98.3 Å². The Morgan fingerprint density at radius 3 is 2.50 bits per heavy atom. The van der Waals surface area contributed by atoms with Gasteiger partial charge in [-0.3, -0.25) is 0 Å². The second kappa shape index (κ2) is 4.77. The van der Waals surface area contributed by atoms with Gasteiger partial charge in [0, 0.05) is 20.6 Å². The van der Waals surface area contributed by atoms with Gasteiger partial charge < -0.3 is 10.2 Å². The molecule has 0 aliphatic carbocycles. The van der Waals surface area contributed by atoms with Crippen molar-refractivity contribution in [2.75, 3.05) is 30.9 Å². The molecular formula is C9H15IN4. The average Bonchev–Trinajstić information content (AvgIpc) is 2.12. The topological polar surface area (TPSA) is 41.1 Å². The molecule has 4 nitrogen and oxygen atoms in total. The molecule has 1 heterocycles. The van der Waals surface area contributed by atoms with Gasteiger partial charge in [0.05, 0.1) is 9.26 Å². The fourth-order valence-electron chi connectivity index (χ4n) is 1.03. The Kier molecular flexibility index (Phi) is 3.91. The first kappa shape index (κ1) is 11.5. The summed E-state index contributed by atoms with van der Waals surface area (Å²) in [5, 5.41) is 3.23. The summed E-state index contributed by atoms with van der Waals surface area (Å²) in [5.41, 5.74) is 1.01. The van der Waals surface area contributed by atoms with Crippen LogP contribution in [0.3, 0.4) is 0 Å². The monoisotopic (exact) mass is 306 g/mol. The van der Waals surface area contributed by atoms with Gasteiger partial charge in [-0.15, -0.1) is 0 Å². The molecule has 0 spiro atoms. The van der Waals surface area contributed by atoms with Gasteiger partial charge in [0.1, 0.15) is 5.82 Å². The maximum Gasteiger partial charge on any atom is 0.227 e. The van der Waals surface area contributed by atoms with E-state index < -0.39 is 0 Å². The first-order valence-corrected chi connectivity index (χ1v) is 5.59. The standard InChI is InChI=1S/C9H15IN4/c1-5-11-8-7(10)6(2)12-9(13-8)14(3)4/h5H2,1-4H3,(H,11,12,13). The molecule has 1 aromatic heterocycles. The molecule has 1 rings (SSSR count). The van der Waals surface area contributed by atoms with Crippen molar-refractivity contribution >= 4 is 34.4 Å². The molecule has 0 aromatic carbocycles. The van der Waals surface area contributed by atoms with Crippen LogP contribution in [0.5, 0.6) is 0 Å². The van der Waals surface area contributed by atoms with Crippen molar-refractivity contribution in [1.82, 2.24) is 9.97 Å². The highest BCUT2D eigenvalue weighted by Crippen LogP contribution is 2.20. The van der Waals surface area contributed by atoms with Crippen molar-refractivity contribution < 1.29 is 0 Å². The minimum Gasteiger partial charge on any atom is -0.369 e. The molecule has 1 N–H and O–H groups in total. The Morgan fingerprint density at radius 1 is 1.36 bits per heavy atom. The predicted molar refractivity (Wildman–Crippen MR) is 68.0 cm³/mol. The number of hydrogen-bond donors (Lipinski definition) is 1. The van der Waals surface area contributed by atoms with E-state index in [1.54, 1.807) is 0 Å². The lowest BCUT2D eigenvalue weighted by Crippen LogP contribution is -2.15. The molecule has 14 heavy (non-hydrogen) atoms. The predicted octanol–water partition coefficient (Wildman–Crippen LogP) is 1.89. The molecule has 0 saturated heterocycles. The van der Waals surface area contributed by atoms with Crippen LogP contribution in [0.25, 0.3) is 0 Å². The Bertz CT molecular complexity index is 325. The zero-order chi connectivity index (χ0) is 10.7. The minimum absolute atomic E-state index is 0.749. The quantitative estimate of drug-likeness (QED) is 0.866. The van der Waals surface area contributed by atoms with Crippen LogP contribution in [0.15, 0.2) is 0 Å². The first-order chi connectivity index (χ1) is 6.56. The highest BCUT2D eigenvalue weighted by Gasteiger charge is 2.09. The van der Waals surface area contributed by atoms with E-state index in [1.807, 2.05) is 25.9 Å². The van der Waals surface area contributed by atoms with Crippen LogP contribution >= 0.6 is 22.6 Å². The molecule has 78 valence electrons. The number of aromatic nitrogens is 2. The van der Waals surface area contributed by atoms with Gasteiger partial charge in [0.25, 0.3) is 0 Å². The molecule has 0 aliphatic heterocycles. The summed E-state index contributed by atoms with van der Waals surface area (Å²) in [7, 11) is 3.88. The zero-order valence-electron chi connectivity index (χ0n) is 8.93. The highest BCUT2D eigenvalue weighted by molar-refractivity contribution is 14.1. The SMILES string of the molecule is CCNc1nc(N(C)C)nc(C)c1I. The number of rotatable bonds is 3. The molecule has 0 atom stereocenters. The van der Waals surface area contributed by atoms with Crippen LogP contribution in [-0.4, -0.2) is 30.6 Å². The van der Waals surface area contributed by atoms with Gasteiger partial charge in [-0.25, -0.2) is 4.98 Å². The molecule has 0 aliphatic rings. The lowest BCUT2D eigenvalue weighted by atomic mass is 10.4. The van der Waals surface area contributed by atoms with Crippen molar-refractivity contribution in [1.29, 1.82) is 0 Å². The Balaban J connectivity index is 3.14. The van der Waals surface area contributed by atoms with E-state index in [4.69, 9.17) is 0 Å². The van der Waals surface area contributed by atoms with Crippen LogP contribution in [0.2, 0.25) is 0 Å². The number of hydrogen-bond acceptors (Lipinski definition) is 4. The Hall–Kier alpha value is -0.590. The van der Waals surface area contributed by atoms with E-state index in [1.165, 1.54) is 0 Å². The number of nitrogens with zero attached hydrogens (tertiary/aromatic N) is 3. The van der Waals surface area contributed by atoms with Gasteiger partial charge in [-0.1, -0.05) is 0 Å². The molecule has 5 heteroatoms. The van der Waals surface area contributed by atoms with Crippen molar-refractivity contribution in [2.24, 2.45) is 0 Å². The lowest BCUT2D eigenvalue weighted by Gasteiger charge is -2.14. The summed E-state index contributed by atoms with van der Waals surface area (Å²) in [5.74, 6) is 1.67. The number of aryl methyl sites for hydroxylation is 1. The highest BCUT2D eigenvalue weighted by atomic mass is 127. The van der Waals surface area contributed by atoms with E-state index in [9.17, 15) is 0 Å². The average molecular weight is 306 g/mol. The van der Waals surface area contributed by atoms with E-state index in [-0.39, 0.29) is 0 Å². The normalized spacial score (nSPS) is 10.1. The van der Waals surface area contributed by atoms with E-state index >= 15 is 0 Å².